The van der Waals surface area contributed by atoms with Crippen molar-refractivity contribution in [1.29, 1.82) is 5.26 Å². The lowest BCUT2D eigenvalue weighted by Gasteiger charge is -2.25. The zero-order valence-corrected chi connectivity index (χ0v) is 10.6. The van der Waals surface area contributed by atoms with Crippen LogP contribution in [0, 0.1) is 18.3 Å². The summed E-state index contributed by atoms with van der Waals surface area (Å²) in [4.78, 5) is 11.2. The van der Waals surface area contributed by atoms with Crippen LogP contribution in [0.1, 0.15) is 31.4 Å². The largest absolute Gasteiger partial charge is 0.354 e. The van der Waals surface area contributed by atoms with E-state index in [1.165, 1.54) is 11.1 Å². The zero-order chi connectivity index (χ0) is 12.9. The zero-order valence-electron chi connectivity index (χ0n) is 10.6. The molecule has 0 saturated heterocycles. The SMILES string of the molecule is Cc1ccc(C(C)(C)CNC(=O)CC#N)cc1. The van der Waals surface area contributed by atoms with Gasteiger partial charge in [0.2, 0.25) is 5.91 Å². The molecular weight excluding hydrogens is 212 g/mol. The van der Waals surface area contributed by atoms with Crippen LogP contribution in [-0.2, 0) is 10.2 Å². The number of hydrogen-bond donors (Lipinski definition) is 1. The van der Waals surface area contributed by atoms with Crippen molar-refractivity contribution in [2.24, 2.45) is 0 Å². The van der Waals surface area contributed by atoms with Gasteiger partial charge in [-0.15, -0.1) is 0 Å². The molecule has 0 bridgehead atoms. The third kappa shape index (κ3) is 3.92. The summed E-state index contributed by atoms with van der Waals surface area (Å²) in [7, 11) is 0. The van der Waals surface area contributed by atoms with Crippen molar-refractivity contribution >= 4 is 5.91 Å². The number of benzene rings is 1. The Bertz CT molecular complexity index is 427. The van der Waals surface area contributed by atoms with Gasteiger partial charge in [-0.3, -0.25) is 4.79 Å². The molecule has 0 aromatic heterocycles. The molecule has 17 heavy (non-hydrogen) atoms. The maximum Gasteiger partial charge on any atom is 0.234 e. The van der Waals surface area contributed by atoms with Gasteiger partial charge in [0, 0.05) is 12.0 Å². The lowest BCUT2D eigenvalue weighted by Crippen LogP contribution is -2.36. The molecule has 0 aliphatic rings. The molecule has 0 aliphatic heterocycles. The summed E-state index contributed by atoms with van der Waals surface area (Å²) in [6.45, 7) is 6.73. The predicted molar refractivity (Wildman–Crippen MR) is 67.4 cm³/mol. The van der Waals surface area contributed by atoms with Gasteiger partial charge >= 0.3 is 0 Å². The quantitative estimate of drug-likeness (QED) is 0.862. The van der Waals surface area contributed by atoms with Crippen LogP contribution in [0.15, 0.2) is 24.3 Å². The van der Waals surface area contributed by atoms with Crippen LogP contribution in [0.25, 0.3) is 0 Å². The number of amides is 1. The van der Waals surface area contributed by atoms with Crippen molar-refractivity contribution in [1.82, 2.24) is 5.32 Å². The number of nitriles is 1. The lowest BCUT2D eigenvalue weighted by atomic mass is 9.84. The highest BCUT2D eigenvalue weighted by Crippen LogP contribution is 2.22. The highest BCUT2D eigenvalue weighted by atomic mass is 16.1. The molecule has 1 N–H and O–H groups in total. The first kappa shape index (κ1) is 13.2. The Morgan fingerprint density at radius 3 is 2.47 bits per heavy atom. The normalized spacial score (nSPS) is 10.7. The molecule has 0 unspecified atom stereocenters. The van der Waals surface area contributed by atoms with Gasteiger partial charge in [0.05, 0.1) is 6.07 Å². The first-order valence-corrected chi connectivity index (χ1v) is 5.66. The van der Waals surface area contributed by atoms with Crippen molar-refractivity contribution in [3.63, 3.8) is 0 Å². The van der Waals surface area contributed by atoms with E-state index in [-0.39, 0.29) is 17.7 Å². The third-order valence-corrected chi connectivity index (χ3v) is 2.80. The topological polar surface area (TPSA) is 52.9 Å². The van der Waals surface area contributed by atoms with Gasteiger partial charge < -0.3 is 5.32 Å². The van der Waals surface area contributed by atoms with Gasteiger partial charge in [0.15, 0.2) is 0 Å². The van der Waals surface area contributed by atoms with E-state index in [1.54, 1.807) is 0 Å². The molecule has 0 spiro atoms. The summed E-state index contributed by atoms with van der Waals surface area (Å²) in [5.41, 5.74) is 2.28. The third-order valence-electron chi connectivity index (χ3n) is 2.80. The van der Waals surface area contributed by atoms with E-state index < -0.39 is 0 Å². The van der Waals surface area contributed by atoms with Crippen LogP contribution in [0.5, 0.6) is 0 Å². The second-order valence-corrected chi connectivity index (χ2v) is 4.86. The van der Waals surface area contributed by atoms with E-state index in [4.69, 9.17) is 5.26 Å². The van der Waals surface area contributed by atoms with Crippen LogP contribution in [0.4, 0.5) is 0 Å². The number of carbonyl (C=O) groups excluding carboxylic acids is 1. The molecule has 0 heterocycles. The van der Waals surface area contributed by atoms with E-state index in [2.05, 4.69) is 43.4 Å². The summed E-state index contributed by atoms with van der Waals surface area (Å²) in [5.74, 6) is -0.215. The minimum Gasteiger partial charge on any atom is -0.354 e. The number of nitrogens with one attached hydrogen (secondary N) is 1. The molecule has 0 saturated carbocycles. The number of aryl methyl sites for hydroxylation is 1. The standard InChI is InChI=1S/C14H18N2O/c1-11-4-6-12(7-5-11)14(2,3)10-16-13(17)8-9-15/h4-7H,8,10H2,1-3H3,(H,16,17). The van der Waals surface area contributed by atoms with E-state index >= 15 is 0 Å². The monoisotopic (exact) mass is 230 g/mol. The fraction of sp³-hybridized carbons (Fsp3) is 0.429. The molecule has 90 valence electrons. The molecule has 0 aliphatic carbocycles. The number of rotatable bonds is 4. The van der Waals surface area contributed by atoms with Crippen LogP contribution in [0.3, 0.4) is 0 Å². The van der Waals surface area contributed by atoms with E-state index in [9.17, 15) is 4.79 Å². The van der Waals surface area contributed by atoms with E-state index in [1.807, 2.05) is 13.0 Å². The Morgan fingerprint density at radius 2 is 1.94 bits per heavy atom. The molecule has 1 amide bonds. The smallest absolute Gasteiger partial charge is 0.234 e. The summed E-state index contributed by atoms with van der Waals surface area (Å²) in [5, 5.41) is 11.2. The Balaban J connectivity index is 2.65. The average Bonchev–Trinajstić information content (AvgIpc) is 2.28. The van der Waals surface area contributed by atoms with Crippen LogP contribution in [-0.4, -0.2) is 12.5 Å². The first-order chi connectivity index (χ1) is 7.95. The second kappa shape index (κ2) is 5.49. The van der Waals surface area contributed by atoms with E-state index in [0.717, 1.165) is 0 Å². The maximum absolute atomic E-state index is 11.2. The molecule has 1 aromatic carbocycles. The summed E-state index contributed by atoms with van der Waals surface area (Å²) in [6.07, 6.45) is -0.0794. The minimum atomic E-state index is -0.215. The average molecular weight is 230 g/mol. The number of hydrogen-bond acceptors (Lipinski definition) is 2. The molecule has 3 nitrogen and oxygen atoms in total. The van der Waals surface area contributed by atoms with Gasteiger partial charge in [0.1, 0.15) is 6.42 Å². The highest BCUT2D eigenvalue weighted by molar-refractivity contribution is 5.78. The maximum atomic E-state index is 11.2. The Labute approximate surface area is 102 Å². The predicted octanol–water partition coefficient (Wildman–Crippen LogP) is 2.30. The summed E-state index contributed by atoms with van der Waals surface area (Å²) in [6, 6.07) is 10.1. The van der Waals surface area contributed by atoms with Crippen LogP contribution >= 0.6 is 0 Å². The summed E-state index contributed by atoms with van der Waals surface area (Å²) < 4.78 is 0. The van der Waals surface area contributed by atoms with Crippen molar-refractivity contribution in [2.75, 3.05) is 6.54 Å². The first-order valence-electron chi connectivity index (χ1n) is 5.66. The molecule has 0 radical (unpaired) electrons. The lowest BCUT2D eigenvalue weighted by molar-refractivity contribution is -0.120. The van der Waals surface area contributed by atoms with Gasteiger partial charge in [-0.1, -0.05) is 43.7 Å². The summed E-state index contributed by atoms with van der Waals surface area (Å²) >= 11 is 0. The minimum absolute atomic E-state index is 0.0794. The fourth-order valence-electron chi connectivity index (χ4n) is 1.56. The van der Waals surface area contributed by atoms with Crippen molar-refractivity contribution in [3.05, 3.63) is 35.4 Å². The van der Waals surface area contributed by atoms with Gasteiger partial charge in [-0.2, -0.15) is 5.26 Å². The van der Waals surface area contributed by atoms with E-state index in [0.29, 0.717) is 6.54 Å². The highest BCUT2D eigenvalue weighted by Gasteiger charge is 2.20. The molecule has 1 rings (SSSR count). The van der Waals surface area contributed by atoms with Crippen LogP contribution in [0.2, 0.25) is 0 Å². The number of carbonyl (C=O) groups is 1. The Hall–Kier alpha value is -1.82. The van der Waals surface area contributed by atoms with Crippen molar-refractivity contribution < 1.29 is 4.79 Å². The molecule has 0 fully saturated rings. The second-order valence-electron chi connectivity index (χ2n) is 4.86. The van der Waals surface area contributed by atoms with Crippen LogP contribution < -0.4 is 5.32 Å². The Morgan fingerprint density at radius 1 is 1.35 bits per heavy atom. The molecular formula is C14H18N2O. The van der Waals surface area contributed by atoms with Gasteiger partial charge in [-0.05, 0) is 12.5 Å². The molecule has 1 aromatic rings. The molecule has 0 atom stereocenters. The van der Waals surface area contributed by atoms with Gasteiger partial charge in [-0.25, -0.2) is 0 Å². The Kier molecular flexibility index (Phi) is 4.28. The fourth-order valence-corrected chi connectivity index (χ4v) is 1.56. The van der Waals surface area contributed by atoms with Crippen molar-refractivity contribution in [3.8, 4) is 6.07 Å². The van der Waals surface area contributed by atoms with Crippen molar-refractivity contribution in [2.45, 2.75) is 32.6 Å². The molecule has 3 heteroatoms. The number of nitrogens with zero attached hydrogens (tertiary/aromatic N) is 1. The van der Waals surface area contributed by atoms with Gasteiger partial charge in [0.25, 0.3) is 0 Å².